The second-order valence-corrected chi connectivity index (χ2v) is 5.00. The number of aliphatic hydroxyl groups excluding tert-OH is 1. The van der Waals surface area contributed by atoms with E-state index in [-0.39, 0.29) is 5.56 Å². The van der Waals surface area contributed by atoms with Crippen LogP contribution < -0.4 is 5.73 Å². The third-order valence-electron chi connectivity index (χ3n) is 2.05. The van der Waals surface area contributed by atoms with Crippen LogP contribution in [0.15, 0.2) is 0 Å². The second kappa shape index (κ2) is 2.93. The summed E-state index contributed by atoms with van der Waals surface area (Å²) >= 11 is 12.7. The Hall–Kier alpha value is -0.130. The van der Waals surface area contributed by atoms with Gasteiger partial charge < -0.3 is 10.8 Å². The lowest BCUT2D eigenvalue weighted by molar-refractivity contribution is 0.0736. The first-order valence-electron chi connectivity index (χ1n) is 3.49. The first-order valence-corrected chi connectivity index (χ1v) is 5.06. The summed E-state index contributed by atoms with van der Waals surface area (Å²) in [6.45, 7) is 0. The molecular weight excluding hydrogens is 233 g/mol. The Kier molecular flexibility index (Phi) is 2.13. The highest BCUT2D eigenvalue weighted by Crippen LogP contribution is 2.45. The lowest BCUT2D eigenvalue weighted by Crippen LogP contribution is -2.25. The number of halogens is 2. The average molecular weight is 238 g/mol. The van der Waals surface area contributed by atoms with Crippen LogP contribution >= 0.6 is 34.5 Å². The van der Waals surface area contributed by atoms with Crippen molar-refractivity contribution in [2.24, 2.45) is 5.73 Å². The third kappa shape index (κ3) is 1.14. The average Bonchev–Trinajstić information content (AvgIpc) is 2.47. The molecule has 1 aliphatic rings. The van der Waals surface area contributed by atoms with E-state index in [1.54, 1.807) is 0 Å². The van der Waals surface area contributed by atoms with Crippen LogP contribution in [0.2, 0.25) is 8.67 Å². The summed E-state index contributed by atoms with van der Waals surface area (Å²) in [5.74, 6) is -0.435. The molecule has 3 N–H and O–H groups in total. The van der Waals surface area contributed by atoms with Gasteiger partial charge in [0.25, 0.3) is 0 Å². The van der Waals surface area contributed by atoms with E-state index in [2.05, 4.69) is 0 Å². The number of aliphatic hydroxyl groups is 1. The van der Waals surface area contributed by atoms with Gasteiger partial charge in [-0.05, 0) is 0 Å². The fourth-order valence-electron chi connectivity index (χ4n) is 1.38. The fraction of sp³-hybridized carbons (Fsp3) is 0.286. The summed E-state index contributed by atoms with van der Waals surface area (Å²) < 4.78 is 0.689. The summed E-state index contributed by atoms with van der Waals surface area (Å²) in [7, 11) is 0. The summed E-state index contributed by atoms with van der Waals surface area (Å²) in [6.07, 6.45) is -1.20. The molecule has 0 fully saturated rings. The topological polar surface area (TPSA) is 63.3 Å². The van der Waals surface area contributed by atoms with Crippen molar-refractivity contribution in [3.05, 3.63) is 19.8 Å². The van der Waals surface area contributed by atoms with Gasteiger partial charge in [-0.2, -0.15) is 0 Å². The quantitative estimate of drug-likeness (QED) is 0.721. The van der Waals surface area contributed by atoms with Crippen molar-refractivity contribution in [3.8, 4) is 0 Å². The first kappa shape index (κ1) is 9.43. The van der Waals surface area contributed by atoms with Crippen LogP contribution in [0.25, 0.3) is 0 Å². The van der Waals surface area contributed by atoms with E-state index in [0.29, 0.717) is 14.2 Å². The predicted octanol–water partition coefficient (Wildman–Crippen LogP) is 1.61. The molecule has 0 aliphatic heterocycles. The largest absolute Gasteiger partial charge is 0.383 e. The highest BCUT2D eigenvalue weighted by atomic mass is 35.5. The summed E-state index contributed by atoms with van der Waals surface area (Å²) in [6, 6.07) is -0.737. The molecule has 0 aromatic carbocycles. The van der Waals surface area contributed by atoms with E-state index in [9.17, 15) is 9.90 Å². The molecule has 1 aliphatic carbocycles. The Morgan fingerprint density at radius 2 is 2.00 bits per heavy atom. The van der Waals surface area contributed by atoms with Crippen molar-refractivity contribution >= 4 is 40.3 Å². The van der Waals surface area contributed by atoms with Gasteiger partial charge in [-0.25, -0.2) is 0 Å². The smallest absolute Gasteiger partial charge is 0.195 e. The molecule has 0 spiro atoms. The van der Waals surface area contributed by atoms with E-state index in [1.165, 1.54) is 0 Å². The molecule has 2 rings (SSSR count). The molecule has 2 atom stereocenters. The van der Waals surface area contributed by atoms with Crippen LogP contribution in [-0.4, -0.2) is 17.0 Å². The van der Waals surface area contributed by atoms with E-state index in [1.807, 2.05) is 0 Å². The standard InChI is InChI=1S/C7H5Cl2NO2S/c8-6-1-2(7(9)13-6)4(11)5(12)3(1)10/h3,5,12H,10H2/t3-,5-/m1/s1. The number of hydrogen-bond acceptors (Lipinski definition) is 4. The molecular formula is C7H5Cl2NO2S. The second-order valence-electron chi connectivity index (χ2n) is 2.77. The van der Waals surface area contributed by atoms with Crippen LogP contribution in [0.3, 0.4) is 0 Å². The molecule has 1 aromatic rings. The number of rotatable bonds is 0. The molecule has 3 nitrogen and oxygen atoms in total. The van der Waals surface area contributed by atoms with E-state index in [4.69, 9.17) is 28.9 Å². The maximum Gasteiger partial charge on any atom is 0.195 e. The summed E-state index contributed by atoms with van der Waals surface area (Å²) in [5, 5.41) is 9.34. The molecule has 0 saturated carbocycles. The number of ketones is 1. The molecule has 0 unspecified atom stereocenters. The third-order valence-corrected chi connectivity index (χ3v) is 3.68. The number of carbonyl (C=O) groups excluding carboxylic acids is 1. The van der Waals surface area contributed by atoms with Gasteiger partial charge in [0.1, 0.15) is 14.8 Å². The Morgan fingerprint density at radius 3 is 2.54 bits per heavy atom. The van der Waals surface area contributed by atoms with Crippen molar-refractivity contribution in [1.29, 1.82) is 0 Å². The number of Topliss-reactive ketones (excluding diaryl/α,β-unsaturated/α-hetero) is 1. The maximum atomic E-state index is 11.4. The molecule has 0 radical (unpaired) electrons. The predicted molar refractivity (Wildman–Crippen MR) is 51.6 cm³/mol. The Balaban J connectivity index is 2.68. The molecule has 0 bridgehead atoms. The molecule has 13 heavy (non-hydrogen) atoms. The van der Waals surface area contributed by atoms with Crippen LogP contribution in [0, 0.1) is 0 Å². The van der Waals surface area contributed by atoms with Gasteiger partial charge in [0.2, 0.25) is 0 Å². The van der Waals surface area contributed by atoms with Gasteiger partial charge in [0, 0.05) is 5.56 Å². The zero-order valence-electron chi connectivity index (χ0n) is 6.25. The van der Waals surface area contributed by atoms with Crippen LogP contribution in [0.1, 0.15) is 22.0 Å². The van der Waals surface area contributed by atoms with Gasteiger partial charge in [-0.3, -0.25) is 4.79 Å². The van der Waals surface area contributed by atoms with E-state index in [0.717, 1.165) is 11.3 Å². The minimum atomic E-state index is -1.20. The number of fused-ring (bicyclic) bond motifs is 1. The van der Waals surface area contributed by atoms with Crippen LogP contribution in [-0.2, 0) is 0 Å². The van der Waals surface area contributed by atoms with Crippen molar-refractivity contribution in [2.75, 3.05) is 0 Å². The van der Waals surface area contributed by atoms with Crippen molar-refractivity contribution in [1.82, 2.24) is 0 Å². The normalized spacial score (nSPS) is 26.6. The van der Waals surface area contributed by atoms with Gasteiger partial charge in [-0.1, -0.05) is 23.2 Å². The van der Waals surface area contributed by atoms with Gasteiger partial charge in [0.15, 0.2) is 5.78 Å². The molecule has 1 heterocycles. The van der Waals surface area contributed by atoms with Crippen LogP contribution in [0.5, 0.6) is 0 Å². The molecule has 6 heteroatoms. The van der Waals surface area contributed by atoms with Gasteiger partial charge >= 0.3 is 0 Å². The van der Waals surface area contributed by atoms with E-state index >= 15 is 0 Å². The highest BCUT2D eigenvalue weighted by Gasteiger charge is 2.41. The Bertz CT molecular complexity index is 390. The minimum absolute atomic E-state index is 0.289. The van der Waals surface area contributed by atoms with Crippen molar-refractivity contribution < 1.29 is 9.90 Å². The maximum absolute atomic E-state index is 11.4. The highest BCUT2D eigenvalue weighted by molar-refractivity contribution is 7.20. The zero-order valence-corrected chi connectivity index (χ0v) is 8.58. The van der Waals surface area contributed by atoms with Crippen molar-refractivity contribution in [3.63, 3.8) is 0 Å². The number of carbonyl (C=O) groups is 1. The number of nitrogens with two attached hydrogens (primary N) is 1. The molecule has 1 aromatic heterocycles. The lowest BCUT2D eigenvalue weighted by atomic mass is 10.2. The summed E-state index contributed by atoms with van der Waals surface area (Å²) in [4.78, 5) is 11.4. The molecule has 70 valence electrons. The zero-order chi connectivity index (χ0) is 9.75. The van der Waals surface area contributed by atoms with Gasteiger partial charge in [-0.15, -0.1) is 11.3 Å². The fourth-order valence-corrected chi connectivity index (χ4v) is 3.20. The lowest BCUT2D eigenvalue weighted by Gasteiger charge is -2.06. The first-order chi connectivity index (χ1) is 6.04. The SMILES string of the molecule is N[C@@H]1c2c(Cl)sc(Cl)c2C(=O)[C@@H]1O. The number of hydrogen-bond donors (Lipinski definition) is 2. The van der Waals surface area contributed by atoms with E-state index < -0.39 is 17.9 Å². The number of thiophene rings is 1. The summed E-state index contributed by atoms with van der Waals surface area (Å²) in [5.41, 5.74) is 6.36. The Labute approximate surface area is 88.1 Å². The van der Waals surface area contributed by atoms with Crippen molar-refractivity contribution in [2.45, 2.75) is 12.1 Å². The monoisotopic (exact) mass is 237 g/mol. The minimum Gasteiger partial charge on any atom is -0.383 e. The van der Waals surface area contributed by atoms with Crippen LogP contribution in [0.4, 0.5) is 0 Å². The Morgan fingerprint density at radius 1 is 1.38 bits per heavy atom. The molecule has 0 amide bonds. The molecule has 0 saturated heterocycles. The van der Waals surface area contributed by atoms with Gasteiger partial charge in [0.05, 0.1) is 11.6 Å².